The lowest BCUT2D eigenvalue weighted by Gasteiger charge is -2.13. The maximum Gasteiger partial charge on any atom is 0.123 e. The fourth-order valence-corrected chi connectivity index (χ4v) is 2.81. The van der Waals surface area contributed by atoms with Crippen LogP contribution in [0.2, 0.25) is 5.02 Å². The largest absolute Gasteiger partial charge is 0.489 e. The van der Waals surface area contributed by atoms with Gasteiger partial charge in [0.25, 0.3) is 0 Å². The second-order valence-electron chi connectivity index (χ2n) is 5.22. The van der Waals surface area contributed by atoms with Gasteiger partial charge < -0.3 is 10.5 Å². The molecule has 0 aliphatic carbocycles. The van der Waals surface area contributed by atoms with Gasteiger partial charge in [-0.3, -0.25) is 0 Å². The predicted octanol–water partition coefficient (Wildman–Crippen LogP) is 4.57. The fraction of sp³-hybridized carbons (Fsp3) is 0.158. The first-order valence-corrected chi connectivity index (χ1v) is 7.73. The van der Waals surface area contributed by atoms with Crippen molar-refractivity contribution >= 4 is 22.4 Å². The van der Waals surface area contributed by atoms with Crippen LogP contribution in [-0.2, 0) is 13.0 Å². The number of benzene rings is 3. The van der Waals surface area contributed by atoms with Crippen LogP contribution in [0.4, 0.5) is 0 Å². The van der Waals surface area contributed by atoms with Crippen LogP contribution in [0.1, 0.15) is 11.1 Å². The van der Waals surface area contributed by atoms with Gasteiger partial charge in [0.15, 0.2) is 0 Å². The highest BCUT2D eigenvalue weighted by Crippen LogP contribution is 2.25. The number of ether oxygens (including phenoxy) is 1. The Morgan fingerprint density at radius 2 is 1.73 bits per heavy atom. The van der Waals surface area contributed by atoms with Gasteiger partial charge in [0, 0.05) is 5.02 Å². The van der Waals surface area contributed by atoms with E-state index >= 15 is 0 Å². The van der Waals surface area contributed by atoms with Crippen LogP contribution in [0.3, 0.4) is 0 Å². The van der Waals surface area contributed by atoms with E-state index in [4.69, 9.17) is 22.1 Å². The molecule has 0 radical (unpaired) electrons. The molecule has 3 heteroatoms. The molecule has 2 N–H and O–H groups in total. The monoisotopic (exact) mass is 311 g/mol. The molecule has 0 saturated carbocycles. The summed E-state index contributed by atoms with van der Waals surface area (Å²) in [6, 6.07) is 20.3. The first kappa shape index (κ1) is 14.9. The van der Waals surface area contributed by atoms with Crippen LogP contribution in [-0.4, -0.2) is 6.54 Å². The third-order valence-electron chi connectivity index (χ3n) is 3.70. The molecule has 0 saturated heterocycles. The summed E-state index contributed by atoms with van der Waals surface area (Å²) < 4.78 is 6.02. The van der Waals surface area contributed by atoms with Crippen molar-refractivity contribution in [1.29, 1.82) is 0 Å². The molecule has 22 heavy (non-hydrogen) atoms. The lowest BCUT2D eigenvalue weighted by molar-refractivity contribution is 0.304. The van der Waals surface area contributed by atoms with Crippen molar-refractivity contribution in [2.45, 2.75) is 13.0 Å². The van der Waals surface area contributed by atoms with Gasteiger partial charge in [-0.1, -0.05) is 54.1 Å². The standard InChI is InChI=1S/C19H18ClNO/c20-17-8-9-19(15(12-17)10-11-21)22-13-16-6-3-5-14-4-1-2-7-18(14)16/h1-9,12H,10-11,13,21H2. The lowest BCUT2D eigenvalue weighted by atomic mass is 10.1. The van der Waals surface area contributed by atoms with E-state index in [0.29, 0.717) is 18.2 Å². The van der Waals surface area contributed by atoms with E-state index in [0.717, 1.165) is 17.7 Å². The quantitative estimate of drug-likeness (QED) is 0.749. The summed E-state index contributed by atoms with van der Waals surface area (Å²) in [5.74, 6) is 0.850. The van der Waals surface area contributed by atoms with Gasteiger partial charge in [0.05, 0.1) is 0 Å². The minimum atomic E-state index is 0.528. The van der Waals surface area contributed by atoms with Crippen molar-refractivity contribution < 1.29 is 4.74 Å². The first-order chi connectivity index (χ1) is 10.8. The van der Waals surface area contributed by atoms with E-state index in [1.807, 2.05) is 30.3 Å². The van der Waals surface area contributed by atoms with E-state index in [1.54, 1.807) is 0 Å². The summed E-state index contributed by atoms with van der Waals surface area (Å²) >= 11 is 6.05. The summed E-state index contributed by atoms with van der Waals surface area (Å²) in [4.78, 5) is 0. The molecule has 3 aromatic rings. The number of hydrogen-bond donors (Lipinski definition) is 1. The molecule has 0 bridgehead atoms. The average Bonchev–Trinajstić information content (AvgIpc) is 2.54. The Morgan fingerprint density at radius 1 is 0.909 bits per heavy atom. The lowest BCUT2D eigenvalue weighted by Crippen LogP contribution is -2.05. The number of rotatable bonds is 5. The molecule has 3 rings (SSSR count). The molecule has 2 nitrogen and oxygen atoms in total. The van der Waals surface area contributed by atoms with Gasteiger partial charge in [-0.05, 0) is 53.1 Å². The van der Waals surface area contributed by atoms with E-state index in [-0.39, 0.29) is 0 Å². The molecule has 112 valence electrons. The average molecular weight is 312 g/mol. The summed E-state index contributed by atoms with van der Waals surface area (Å²) in [7, 11) is 0. The predicted molar refractivity (Wildman–Crippen MR) is 92.5 cm³/mol. The number of hydrogen-bond acceptors (Lipinski definition) is 2. The molecule has 0 heterocycles. The van der Waals surface area contributed by atoms with Gasteiger partial charge >= 0.3 is 0 Å². The molecule has 0 amide bonds. The second kappa shape index (κ2) is 6.82. The number of fused-ring (bicyclic) bond motifs is 1. The highest BCUT2D eigenvalue weighted by atomic mass is 35.5. The van der Waals surface area contributed by atoms with Crippen LogP contribution in [0, 0.1) is 0 Å². The number of halogens is 1. The van der Waals surface area contributed by atoms with Crippen LogP contribution in [0.15, 0.2) is 60.7 Å². The van der Waals surface area contributed by atoms with Crippen LogP contribution >= 0.6 is 11.6 Å². The summed E-state index contributed by atoms with van der Waals surface area (Å²) in [6.07, 6.45) is 0.755. The number of nitrogens with two attached hydrogens (primary N) is 1. The molecule has 3 aromatic carbocycles. The molecular formula is C19H18ClNO. The molecule has 0 aliphatic rings. The maximum absolute atomic E-state index is 6.05. The Bertz CT molecular complexity index is 780. The third-order valence-corrected chi connectivity index (χ3v) is 3.93. The smallest absolute Gasteiger partial charge is 0.123 e. The van der Waals surface area contributed by atoms with Gasteiger partial charge in [-0.25, -0.2) is 0 Å². The van der Waals surface area contributed by atoms with Gasteiger partial charge in [-0.15, -0.1) is 0 Å². The van der Waals surface area contributed by atoms with E-state index < -0.39 is 0 Å². The fourth-order valence-electron chi connectivity index (χ4n) is 2.61. The van der Waals surface area contributed by atoms with Crippen LogP contribution < -0.4 is 10.5 Å². The van der Waals surface area contributed by atoms with Crippen LogP contribution in [0.25, 0.3) is 10.8 Å². The van der Waals surface area contributed by atoms with Crippen molar-refractivity contribution in [3.8, 4) is 5.75 Å². The minimum Gasteiger partial charge on any atom is -0.489 e. The zero-order chi connectivity index (χ0) is 15.4. The van der Waals surface area contributed by atoms with Gasteiger partial charge in [0.1, 0.15) is 12.4 Å². The minimum absolute atomic E-state index is 0.528. The Labute approximate surface area is 135 Å². The highest BCUT2D eigenvalue weighted by Gasteiger charge is 2.06. The highest BCUT2D eigenvalue weighted by molar-refractivity contribution is 6.30. The third kappa shape index (κ3) is 3.24. The van der Waals surface area contributed by atoms with Gasteiger partial charge in [-0.2, -0.15) is 0 Å². The summed E-state index contributed by atoms with van der Waals surface area (Å²) in [5.41, 5.74) is 7.89. The van der Waals surface area contributed by atoms with Gasteiger partial charge in [0.2, 0.25) is 0 Å². The Kier molecular flexibility index (Phi) is 4.62. The van der Waals surface area contributed by atoms with E-state index in [1.165, 1.54) is 16.3 Å². The van der Waals surface area contributed by atoms with Crippen molar-refractivity contribution in [3.05, 3.63) is 76.8 Å². The summed E-state index contributed by atoms with van der Waals surface area (Å²) in [6.45, 7) is 1.10. The zero-order valence-corrected chi connectivity index (χ0v) is 13.0. The molecular weight excluding hydrogens is 294 g/mol. The molecule has 0 aliphatic heterocycles. The van der Waals surface area contributed by atoms with Crippen molar-refractivity contribution in [3.63, 3.8) is 0 Å². The summed E-state index contributed by atoms with van der Waals surface area (Å²) in [5, 5.41) is 3.15. The SMILES string of the molecule is NCCc1cc(Cl)ccc1OCc1cccc2ccccc12. The Morgan fingerprint density at radius 3 is 2.59 bits per heavy atom. The molecule has 0 unspecified atom stereocenters. The topological polar surface area (TPSA) is 35.2 Å². The zero-order valence-electron chi connectivity index (χ0n) is 12.3. The molecule has 0 aromatic heterocycles. The van der Waals surface area contributed by atoms with Crippen molar-refractivity contribution in [1.82, 2.24) is 0 Å². The van der Waals surface area contributed by atoms with Crippen molar-refractivity contribution in [2.75, 3.05) is 6.54 Å². The Balaban J connectivity index is 1.85. The molecule has 0 spiro atoms. The Hall–Kier alpha value is -2.03. The van der Waals surface area contributed by atoms with E-state index in [9.17, 15) is 0 Å². The first-order valence-electron chi connectivity index (χ1n) is 7.36. The normalized spacial score (nSPS) is 10.8. The van der Waals surface area contributed by atoms with Crippen LogP contribution in [0.5, 0.6) is 5.75 Å². The van der Waals surface area contributed by atoms with E-state index in [2.05, 4.69) is 30.3 Å². The second-order valence-corrected chi connectivity index (χ2v) is 5.65. The molecule has 0 atom stereocenters. The maximum atomic E-state index is 6.05. The molecule has 0 fully saturated rings. The van der Waals surface area contributed by atoms with Crippen molar-refractivity contribution in [2.24, 2.45) is 5.73 Å².